The van der Waals surface area contributed by atoms with Crippen molar-refractivity contribution in [2.24, 2.45) is 5.92 Å². The molecule has 0 radical (unpaired) electrons. The second-order valence-corrected chi connectivity index (χ2v) is 5.91. The Bertz CT molecular complexity index is 363. The molecule has 0 aromatic heterocycles. The van der Waals surface area contributed by atoms with Crippen molar-refractivity contribution in [2.75, 3.05) is 0 Å². The number of hydrogen-bond acceptors (Lipinski definition) is 1. The molecule has 1 aromatic rings. The molecule has 3 heteroatoms. The van der Waals surface area contributed by atoms with Crippen LogP contribution < -0.4 is 5.32 Å². The van der Waals surface area contributed by atoms with Gasteiger partial charge in [0.05, 0.1) is 10.0 Å². The van der Waals surface area contributed by atoms with Gasteiger partial charge >= 0.3 is 0 Å². The van der Waals surface area contributed by atoms with Crippen LogP contribution in [-0.2, 0) is 0 Å². The summed E-state index contributed by atoms with van der Waals surface area (Å²) in [5.74, 6) is 0.707. The van der Waals surface area contributed by atoms with Gasteiger partial charge in [0.1, 0.15) is 0 Å². The Morgan fingerprint density at radius 2 is 1.71 bits per heavy atom. The second-order valence-electron chi connectivity index (χ2n) is 5.09. The maximum absolute atomic E-state index is 6.02. The second kappa shape index (κ2) is 6.63. The van der Waals surface area contributed by atoms with Crippen molar-refractivity contribution < 1.29 is 0 Å². The maximum atomic E-state index is 6.02. The molecule has 96 valence electrons. The van der Waals surface area contributed by atoms with E-state index in [9.17, 15) is 0 Å². The summed E-state index contributed by atoms with van der Waals surface area (Å²) in [4.78, 5) is 0. The SMILES string of the molecule is CC(C)CC(C)NC(C)c1ccc(Cl)c(Cl)c1. The van der Waals surface area contributed by atoms with Crippen molar-refractivity contribution in [2.45, 2.75) is 46.2 Å². The number of benzene rings is 1. The van der Waals surface area contributed by atoms with Crippen LogP contribution in [0, 0.1) is 5.92 Å². The van der Waals surface area contributed by atoms with E-state index < -0.39 is 0 Å². The summed E-state index contributed by atoms with van der Waals surface area (Å²) >= 11 is 11.9. The summed E-state index contributed by atoms with van der Waals surface area (Å²) in [5.41, 5.74) is 1.18. The fourth-order valence-electron chi connectivity index (χ4n) is 2.08. The minimum absolute atomic E-state index is 0.290. The Hall–Kier alpha value is -0.240. The van der Waals surface area contributed by atoms with E-state index in [1.807, 2.05) is 18.2 Å². The van der Waals surface area contributed by atoms with E-state index in [0.717, 1.165) is 0 Å². The van der Waals surface area contributed by atoms with E-state index in [2.05, 4.69) is 33.0 Å². The van der Waals surface area contributed by atoms with E-state index in [4.69, 9.17) is 23.2 Å². The largest absolute Gasteiger partial charge is 0.308 e. The van der Waals surface area contributed by atoms with Gasteiger partial charge in [-0.25, -0.2) is 0 Å². The van der Waals surface area contributed by atoms with Crippen molar-refractivity contribution in [1.29, 1.82) is 0 Å². The molecule has 0 aliphatic rings. The molecule has 17 heavy (non-hydrogen) atoms. The number of nitrogens with one attached hydrogen (secondary N) is 1. The first-order chi connectivity index (χ1) is 7.90. The average Bonchev–Trinajstić information content (AvgIpc) is 2.20. The van der Waals surface area contributed by atoms with Crippen LogP contribution in [-0.4, -0.2) is 6.04 Å². The molecule has 2 unspecified atom stereocenters. The predicted octanol–water partition coefficient (Wildman–Crippen LogP) is 5.08. The molecule has 0 saturated carbocycles. The topological polar surface area (TPSA) is 12.0 Å². The molecule has 1 nitrogen and oxygen atoms in total. The lowest BCUT2D eigenvalue weighted by atomic mass is 10.0. The Morgan fingerprint density at radius 3 is 2.24 bits per heavy atom. The normalized spacial score (nSPS) is 15.0. The standard InChI is InChI=1S/C14H21Cl2N/c1-9(2)7-10(3)17-11(4)12-5-6-13(15)14(16)8-12/h5-6,8-11,17H,7H2,1-4H3. The molecular weight excluding hydrogens is 253 g/mol. The summed E-state index contributed by atoms with van der Waals surface area (Å²) in [6.45, 7) is 8.84. The quantitative estimate of drug-likeness (QED) is 0.789. The van der Waals surface area contributed by atoms with Gasteiger partial charge in [-0.05, 0) is 43.9 Å². The highest BCUT2D eigenvalue weighted by molar-refractivity contribution is 6.42. The third kappa shape index (κ3) is 4.87. The fourth-order valence-corrected chi connectivity index (χ4v) is 2.39. The summed E-state index contributed by atoms with van der Waals surface area (Å²) in [6.07, 6.45) is 1.17. The molecule has 0 spiro atoms. The number of hydrogen-bond donors (Lipinski definition) is 1. The summed E-state index contributed by atoms with van der Waals surface area (Å²) in [6, 6.07) is 6.60. The summed E-state index contributed by atoms with van der Waals surface area (Å²) in [5, 5.41) is 4.80. The maximum Gasteiger partial charge on any atom is 0.0595 e. The molecule has 0 saturated heterocycles. The van der Waals surface area contributed by atoms with E-state index in [0.29, 0.717) is 28.0 Å². The van der Waals surface area contributed by atoms with Gasteiger partial charge in [-0.3, -0.25) is 0 Å². The van der Waals surface area contributed by atoms with Crippen LogP contribution in [0.5, 0.6) is 0 Å². The van der Waals surface area contributed by atoms with Crippen molar-refractivity contribution in [3.05, 3.63) is 33.8 Å². The zero-order chi connectivity index (χ0) is 13.0. The highest BCUT2D eigenvalue weighted by Gasteiger charge is 2.11. The molecule has 2 atom stereocenters. The number of rotatable bonds is 5. The Balaban J connectivity index is 2.63. The Morgan fingerprint density at radius 1 is 1.06 bits per heavy atom. The molecule has 0 heterocycles. The minimum atomic E-state index is 0.290. The van der Waals surface area contributed by atoms with Crippen molar-refractivity contribution in [1.82, 2.24) is 5.32 Å². The fraction of sp³-hybridized carbons (Fsp3) is 0.571. The van der Waals surface area contributed by atoms with Gasteiger partial charge in [-0.2, -0.15) is 0 Å². The van der Waals surface area contributed by atoms with Gasteiger partial charge in [-0.1, -0.05) is 43.1 Å². The minimum Gasteiger partial charge on any atom is -0.308 e. The first-order valence-corrected chi connectivity index (χ1v) is 6.86. The Kier molecular flexibility index (Phi) is 5.78. The molecule has 1 N–H and O–H groups in total. The molecule has 0 fully saturated rings. The Labute approximate surface area is 115 Å². The van der Waals surface area contributed by atoms with Crippen LogP contribution in [0.3, 0.4) is 0 Å². The van der Waals surface area contributed by atoms with Gasteiger partial charge in [-0.15, -0.1) is 0 Å². The van der Waals surface area contributed by atoms with Gasteiger partial charge in [0.2, 0.25) is 0 Å². The molecule has 0 aliphatic carbocycles. The molecule has 1 rings (SSSR count). The smallest absolute Gasteiger partial charge is 0.0595 e. The lowest BCUT2D eigenvalue weighted by Gasteiger charge is -2.22. The zero-order valence-corrected chi connectivity index (χ0v) is 12.4. The van der Waals surface area contributed by atoms with Crippen molar-refractivity contribution in [3.8, 4) is 0 Å². The third-order valence-electron chi connectivity index (χ3n) is 2.80. The number of halogens is 2. The highest BCUT2D eigenvalue weighted by Crippen LogP contribution is 2.25. The molecular formula is C14H21Cl2N. The predicted molar refractivity (Wildman–Crippen MR) is 76.9 cm³/mol. The summed E-state index contributed by atoms with van der Waals surface area (Å²) < 4.78 is 0. The molecule has 0 amide bonds. The van der Waals surface area contributed by atoms with Crippen molar-refractivity contribution in [3.63, 3.8) is 0 Å². The monoisotopic (exact) mass is 273 g/mol. The van der Waals surface area contributed by atoms with E-state index in [1.54, 1.807) is 0 Å². The van der Waals surface area contributed by atoms with Crippen LogP contribution in [0.2, 0.25) is 10.0 Å². The highest BCUT2D eigenvalue weighted by atomic mass is 35.5. The third-order valence-corrected chi connectivity index (χ3v) is 3.54. The molecule has 1 aromatic carbocycles. The lowest BCUT2D eigenvalue weighted by molar-refractivity contribution is 0.407. The van der Waals surface area contributed by atoms with E-state index >= 15 is 0 Å². The van der Waals surface area contributed by atoms with Gasteiger partial charge in [0.15, 0.2) is 0 Å². The van der Waals surface area contributed by atoms with Crippen LogP contribution in [0.15, 0.2) is 18.2 Å². The van der Waals surface area contributed by atoms with Crippen LogP contribution in [0.1, 0.15) is 45.7 Å². The van der Waals surface area contributed by atoms with Gasteiger partial charge in [0.25, 0.3) is 0 Å². The van der Waals surface area contributed by atoms with E-state index in [-0.39, 0.29) is 0 Å². The lowest BCUT2D eigenvalue weighted by Crippen LogP contribution is -2.30. The van der Waals surface area contributed by atoms with Gasteiger partial charge in [0, 0.05) is 12.1 Å². The van der Waals surface area contributed by atoms with Crippen LogP contribution in [0.4, 0.5) is 0 Å². The van der Waals surface area contributed by atoms with Crippen molar-refractivity contribution >= 4 is 23.2 Å². The summed E-state index contributed by atoms with van der Waals surface area (Å²) in [7, 11) is 0. The molecule has 0 bridgehead atoms. The van der Waals surface area contributed by atoms with Gasteiger partial charge < -0.3 is 5.32 Å². The zero-order valence-electron chi connectivity index (χ0n) is 10.9. The first-order valence-electron chi connectivity index (χ1n) is 6.11. The van der Waals surface area contributed by atoms with Crippen LogP contribution >= 0.6 is 23.2 Å². The van der Waals surface area contributed by atoms with Crippen LogP contribution in [0.25, 0.3) is 0 Å². The van der Waals surface area contributed by atoms with E-state index in [1.165, 1.54) is 12.0 Å². The molecule has 0 aliphatic heterocycles. The average molecular weight is 274 g/mol. The first kappa shape index (κ1) is 14.8.